The first kappa shape index (κ1) is 21.4. The molecule has 2 aromatic rings. The molecule has 0 unspecified atom stereocenters. The molecule has 0 atom stereocenters. The average Bonchev–Trinajstić information content (AvgIpc) is 2.69. The maximum atomic E-state index is 13.1. The Bertz CT molecular complexity index is 941. The van der Waals surface area contributed by atoms with Crippen LogP contribution in [0.2, 0.25) is 0 Å². The van der Waals surface area contributed by atoms with E-state index < -0.39 is 21.8 Å². The van der Waals surface area contributed by atoms with E-state index in [0.29, 0.717) is 25.4 Å². The lowest BCUT2D eigenvalue weighted by molar-refractivity contribution is -0.137. The van der Waals surface area contributed by atoms with Crippen LogP contribution in [-0.2, 0) is 16.2 Å². The number of halogens is 3. The molecule has 0 aliphatic carbocycles. The molecule has 29 heavy (non-hydrogen) atoms. The van der Waals surface area contributed by atoms with E-state index in [-0.39, 0.29) is 16.5 Å². The second-order valence-electron chi connectivity index (χ2n) is 6.61. The molecule has 1 fully saturated rings. The fourth-order valence-electron chi connectivity index (χ4n) is 3.09. The molecule has 158 valence electrons. The zero-order valence-electron chi connectivity index (χ0n) is 15.9. The molecular formula is C19H22F3N3O3S. The topological polar surface area (TPSA) is 71.5 Å². The molecule has 1 aromatic carbocycles. The largest absolute Gasteiger partial charge is 0.492 e. The monoisotopic (exact) mass is 429 g/mol. The van der Waals surface area contributed by atoms with Crippen molar-refractivity contribution in [2.45, 2.75) is 37.3 Å². The number of sulfonamides is 1. The normalized spacial score (nSPS) is 15.9. The van der Waals surface area contributed by atoms with Crippen molar-refractivity contribution in [1.29, 1.82) is 0 Å². The molecule has 0 amide bonds. The molecule has 0 bridgehead atoms. The first-order valence-corrected chi connectivity index (χ1v) is 10.7. The molecular weight excluding hydrogens is 407 g/mol. The van der Waals surface area contributed by atoms with Gasteiger partial charge in [-0.25, -0.2) is 13.4 Å². The maximum Gasteiger partial charge on any atom is 0.417 e. The fraction of sp³-hybridized carbons (Fsp3) is 0.421. The lowest BCUT2D eigenvalue weighted by Gasteiger charge is -2.27. The van der Waals surface area contributed by atoms with E-state index in [2.05, 4.69) is 10.3 Å². The van der Waals surface area contributed by atoms with Crippen molar-refractivity contribution in [3.8, 4) is 5.75 Å². The number of hydrogen-bond donors (Lipinski definition) is 1. The third kappa shape index (κ3) is 4.99. The molecule has 10 heteroatoms. The minimum Gasteiger partial charge on any atom is -0.492 e. The molecule has 0 spiro atoms. The van der Waals surface area contributed by atoms with Crippen LogP contribution in [0.5, 0.6) is 5.75 Å². The minimum atomic E-state index is -4.47. The second kappa shape index (κ2) is 8.58. The lowest BCUT2D eigenvalue weighted by Crippen LogP contribution is -2.35. The summed E-state index contributed by atoms with van der Waals surface area (Å²) in [6.07, 6.45) is -1.15. The van der Waals surface area contributed by atoms with Gasteiger partial charge in [-0.1, -0.05) is 6.42 Å². The van der Waals surface area contributed by atoms with Gasteiger partial charge in [0.15, 0.2) is 0 Å². The van der Waals surface area contributed by atoms with E-state index in [1.807, 2.05) is 0 Å². The van der Waals surface area contributed by atoms with Gasteiger partial charge in [-0.15, -0.1) is 0 Å². The Labute approximate surface area is 167 Å². The van der Waals surface area contributed by atoms with Crippen molar-refractivity contribution < 1.29 is 26.3 Å². The number of hydrogen-bond acceptors (Lipinski definition) is 5. The third-order valence-electron chi connectivity index (χ3n) is 4.54. The Hall–Kier alpha value is -2.33. The highest BCUT2D eigenvalue weighted by Gasteiger charge is 2.31. The van der Waals surface area contributed by atoms with Crippen LogP contribution in [0.25, 0.3) is 0 Å². The highest BCUT2D eigenvalue weighted by atomic mass is 32.2. The van der Waals surface area contributed by atoms with Crippen molar-refractivity contribution in [3.63, 3.8) is 0 Å². The van der Waals surface area contributed by atoms with Crippen LogP contribution >= 0.6 is 0 Å². The first-order valence-electron chi connectivity index (χ1n) is 9.29. The second-order valence-corrected chi connectivity index (χ2v) is 8.52. The maximum absolute atomic E-state index is 13.1. The summed E-state index contributed by atoms with van der Waals surface area (Å²) in [5.41, 5.74) is -0.473. The van der Waals surface area contributed by atoms with Crippen LogP contribution in [0.3, 0.4) is 0 Å². The fourth-order valence-corrected chi connectivity index (χ4v) is 4.76. The van der Waals surface area contributed by atoms with Crippen molar-refractivity contribution in [3.05, 3.63) is 42.1 Å². The van der Waals surface area contributed by atoms with Gasteiger partial charge in [-0.3, -0.25) is 0 Å². The minimum absolute atomic E-state index is 0.0261. The van der Waals surface area contributed by atoms with Gasteiger partial charge in [-0.2, -0.15) is 17.5 Å². The van der Waals surface area contributed by atoms with Crippen LogP contribution in [0.1, 0.15) is 31.7 Å². The summed E-state index contributed by atoms with van der Waals surface area (Å²) in [6.45, 7) is 2.96. The number of nitrogens with one attached hydrogen (secondary N) is 1. The quantitative estimate of drug-likeness (QED) is 0.736. The van der Waals surface area contributed by atoms with Crippen molar-refractivity contribution in [1.82, 2.24) is 9.29 Å². The number of ether oxygens (including phenoxy) is 1. The van der Waals surface area contributed by atoms with Crippen molar-refractivity contribution >= 4 is 21.5 Å². The summed E-state index contributed by atoms with van der Waals surface area (Å²) < 4.78 is 71.2. The molecule has 1 aliphatic rings. The van der Waals surface area contributed by atoms with E-state index >= 15 is 0 Å². The van der Waals surface area contributed by atoms with Gasteiger partial charge in [0.05, 0.1) is 12.2 Å². The molecule has 6 nitrogen and oxygen atoms in total. The number of piperidine rings is 1. The number of nitrogens with zero attached hydrogens (tertiary/aromatic N) is 2. The highest BCUT2D eigenvalue weighted by molar-refractivity contribution is 7.89. The third-order valence-corrected chi connectivity index (χ3v) is 6.46. The standard InChI is InChI=1S/C19H22F3N3O3S/c1-2-28-16-8-7-15(24-18-9-6-14(13-23-18)19(20,21)22)12-17(16)29(26,27)25-10-4-3-5-11-25/h6-9,12-13H,2-5,10-11H2,1H3,(H,23,24). The molecule has 2 heterocycles. The molecule has 3 rings (SSSR count). The predicted molar refractivity (Wildman–Crippen MR) is 103 cm³/mol. The summed E-state index contributed by atoms with van der Waals surface area (Å²) in [4.78, 5) is 3.78. The van der Waals surface area contributed by atoms with Crippen LogP contribution < -0.4 is 10.1 Å². The summed E-state index contributed by atoms with van der Waals surface area (Å²) in [7, 11) is -3.76. The Morgan fingerprint density at radius 2 is 1.86 bits per heavy atom. The number of alkyl halides is 3. The van der Waals surface area contributed by atoms with Crippen LogP contribution in [0, 0.1) is 0 Å². The zero-order chi connectivity index (χ0) is 21.1. The van der Waals surface area contributed by atoms with Crippen LogP contribution in [0.4, 0.5) is 24.7 Å². The molecule has 1 aliphatic heterocycles. The van der Waals surface area contributed by atoms with E-state index in [4.69, 9.17) is 4.74 Å². The Kier molecular flexibility index (Phi) is 6.33. The van der Waals surface area contributed by atoms with Gasteiger partial charge >= 0.3 is 6.18 Å². The Morgan fingerprint density at radius 3 is 2.45 bits per heavy atom. The van der Waals surface area contributed by atoms with Gasteiger partial charge < -0.3 is 10.1 Å². The number of pyridine rings is 1. The van der Waals surface area contributed by atoms with Crippen LogP contribution in [0.15, 0.2) is 41.4 Å². The first-order chi connectivity index (χ1) is 13.7. The molecule has 0 saturated carbocycles. The average molecular weight is 429 g/mol. The van der Waals surface area contributed by atoms with Gasteiger partial charge in [0.1, 0.15) is 16.5 Å². The Morgan fingerprint density at radius 1 is 1.14 bits per heavy atom. The molecule has 1 aromatic heterocycles. The Balaban J connectivity index is 1.90. The number of anilines is 2. The highest BCUT2D eigenvalue weighted by Crippen LogP contribution is 2.33. The van der Waals surface area contributed by atoms with E-state index in [0.717, 1.165) is 31.5 Å². The van der Waals surface area contributed by atoms with Gasteiger partial charge in [0.2, 0.25) is 10.0 Å². The molecule has 1 saturated heterocycles. The summed E-state index contributed by atoms with van der Waals surface area (Å²) in [6, 6.07) is 6.66. The number of benzene rings is 1. The van der Waals surface area contributed by atoms with Gasteiger partial charge in [-0.05, 0) is 50.1 Å². The molecule has 0 radical (unpaired) electrons. The zero-order valence-corrected chi connectivity index (χ0v) is 16.7. The number of aromatic nitrogens is 1. The van der Waals surface area contributed by atoms with E-state index in [1.54, 1.807) is 13.0 Å². The van der Waals surface area contributed by atoms with Crippen LogP contribution in [-0.4, -0.2) is 37.4 Å². The molecule has 1 N–H and O–H groups in total. The van der Waals surface area contributed by atoms with E-state index in [9.17, 15) is 21.6 Å². The summed E-state index contributed by atoms with van der Waals surface area (Å²) in [5, 5.41) is 2.85. The summed E-state index contributed by atoms with van der Waals surface area (Å²) >= 11 is 0. The van der Waals surface area contributed by atoms with Gasteiger partial charge in [0.25, 0.3) is 0 Å². The lowest BCUT2D eigenvalue weighted by atomic mass is 10.2. The van der Waals surface area contributed by atoms with Gasteiger partial charge in [0, 0.05) is 25.0 Å². The van der Waals surface area contributed by atoms with E-state index in [1.165, 1.54) is 22.5 Å². The van der Waals surface area contributed by atoms with Crippen molar-refractivity contribution in [2.75, 3.05) is 25.0 Å². The number of rotatable bonds is 6. The SMILES string of the molecule is CCOc1ccc(Nc2ccc(C(F)(F)F)cn2)cc1S(=O)(=O)N1CCCCC1. The predicted octanol–water partition coefficient (Wildman–Crippen LogP) is 4.42. The smallest absolute Gasteiger partial charge is 0.417 e. The van der Waals surface area contributed by atoms with Crippen molar-refractivity contribution in [2.24, 2.45) is 0 Å². The summed E-state index contributed by atoms with van der Waals surface area (Å²) in [5.74, 6) is 0.410.